The predicted octanol–water partition coefficient (Wildman–Crippen LogP) is 2.73. The molecule has 0 bridgehead atoms. The highest BCUT2D eigenvalue weighted by molar-refractivity contribution is 6.32. The van der Waals surface area contributed by atoms with Gasteiger partial charge >= 0.3 is 0 Å². The fourth-order valence-corrected chi connectivity index (χ4v) is 3.98. The molecule has 1 heterocycles. The Morgan fingerprint density at radius 3 is 2.62 bits per heavy atom. The lowest BCUT2D eigenvalue weighted by molar-refractivity contribution is -0.125. The minimum Gasteiger partial charge on any atom is -0.496 e. The van der Waals surface area contributed by atoms with E-state index in [1.165, 1.54) is 11.1 Å². The number of piperidine rings is 1. The van der Waals surface area contributed by atoms with Gasteiger partial charge in [-0.25, -0.2) is 0 Å². The zero-order valence-corrected chi connectivity index (χ0v) is 16.9. The van der Waals surface area contributed by atoms with Crippen molar-refractivity contribution in [1.29, 1.82) is 0 Å². The summed E-state index contributed by atoms with van der Waals surface area (Å²) in [5.74, 6) is 1.28. The van der Waals surface area contributed by atoms with Crippen molar-refractivity contribution in [2.75, 3.05) is 33.8 Å². The first-order valence-electron chi connectivity index (χ1n) is 8.61. The summed E-state index contributed by atoms with van der Waals surface area (Å²) >= 11 is 6.39. The largest absolute Gasteiger partial charge is 0.496 e. The number of fused-ring (bicyclic) bond motifs is 1. The molecule has 1 aliphatic heterocycles. The lowest BCUT2D eigenvalue weighted by Gasteiger charge is -2.32. The lowest BCUT2D eigenvalue weighted by atomic mass is 9.90. The summed E-state index contributed by atoms with van der Waals surface area (Å²) in [4.78, 5) is 14.2. The number of hydrogen-bond acceptors (Lipinski definition) is 3. The summed E-state index contributed by atoms with van der Waals surface area (Å²) in [6, 6.07) is 3.86. The molecule has 1 aromatic rings. The van der Waals surface area contributed by atoms with Gasteiger partial charge in [-0.1, -0.05) is 23.3 Å². The average Bonchev–Trinajstić information content (AvgIpc) is 2.62. The molecule has 0 atom stereocenters. The molecule has 1 aromatic carbocycles. The molecule has 0 spiro atoms. The first kappa shape index (κ1) is 22.8. The topological polar surface area (TPSA) is 73.1 Å². The van der Waals surface area contributed by atoms with Crippen LogP contribution in [0.3, 0.4) is 0 Å². The van der Waals surface area contributed by atoms with Crippen molar-refractivity contribution in [2.45, 2.75) is 25.7 Å². The van der Waals surface area contributed by atoms with Gasteiger partial charge in [0.05, 0.1) is 7.11 Å². The molecule has 1 aliphatic carbocycles. The second-order valence-electron chi connectivity index (χ2n) is 6.61. The van der Waals surface area contributed by atoms with Gasteiger partial charge < -0.3 is 15.5 Å². The van der Waals surface area contributed by atoms with Gasteiger partial charge in [0.25, 0.3) is 0 Å². The number of nitrogens with one attached hydrogen (secondary N) is 1. The normalized spacial score (nSPS) is 17.3. The molecular formula is C19H28Cl2N2O3. The zero-order valence-electron chi connectivity index (χ0n) is 15.3. The van der Waals surface area contributed by atoms with E-state index < -0.39 is 0 Å². The minimum atomic E-state index is 0. The van der Waals surface area contributed by atoms with E-state index in [9.17, 15) is 4.79 Å². The number of amides is 1. The summed E-state index contributed by atoms with van der Waals surface area (Å²) in [5, 5.41) is 3.56. The van der Waals surface area contributed by atoms with Crippen molar-refractivity contribution in [2.24, 2.45) is 5.92 Å². The molecule has 7 heteroatoms. The molecule has 3 rings (SSSR count). The van der Waals surface area contributed by atoms with Crippen LogP contribution in [0.4, 0.5) is 0 Å². The Labute approximate surface area is 166 Å². The third-order valence-corrected chi connectivity index (χ3v) is 5.49. The monoisotopic (exact) mass is 402 g/mol. The summed E-state index contributed by atoms with van der Waals surface area (Å²) in [6.07, 6.45) is 6.13. The van der Waals surface area contributed by atoms with Crippen molar-refractivity contribution < 1.29 is 15.0 Å². The van der Waals surface area contributed by atoms with E-state index in [0.717, 1.165) is 61.7 Å². The summed E-state index contributed by atoms with van der Waals surface area (Å²) in [6.45, 7) is 2.93. The Balaban J connectivity index is 0.00000169. The number of ether oxygens (including phenoxy) is 1. The maximum Gasteiger partial charge on any atom is 0.222 e. The van der Waals surface area contributed by atoms with Crippen LogP contribution < -0.4 is 10.1 Å². The Bertz CT molecular complexity index is 656. The summed E-state index contributed by atoms with van der Waals surface area (Å²) < 4.78 is 5.46. The molecule has 0 saturated carbocycles. The fourth-order valence-electron chi connectivity index (χ4n) is 3.75. The van der Waals surface area contributed by atoms with Crippen molar-refractivity contribution >= 4 is 36.0 Å². The number of halogens is 2. The lowest BCUT2D eigenvalue weighted by Crippen LogP contribution is -2.40. The van der Waals surface area contributed by atoms with Gasteiger partial charge in [0.15, 0.2) is 0 Å². The van der Waals surface area contributed by atoms with E-state index in [0.29, 0.717) is 0 Å². The maximum atomic E-state index is 11.7. The number of likely N-dealkylation sites (tertiary alicyclic amines) is 1. The van der Waals surface area contributed by atoms with Crippen LogP contribution in [0.2, 0.25) is 5.02 Å². The van der Waals surface area contributed by atoms with Crippen LogP contribution in [0.15, 0.2) is 17.7 Å². The van der Waals surface area contributed by atoms with Crippen molar-refractivity contribution in [3.05, 3.63) is 33.9 Å². The van der Waals surface area contributed by atoms with Crippen molar-refractivity contribution in [3.8, 4) is 5.75 Å². The van der Waals surface area contributed by atoms with Gasteiger partial charge in [-0.2, -0.15) is 0 Å². The Morgan fingerprint density at radius 2 is 2.00 bits per heavy atom. The third-order valence-electron chi connectivity index (χ3n) is 5.16. The minimum absolute atomic E-state index is 0. The first-order chi connectivity index (χ1) is 11.6. The van der Waals surface area contributed by atoms with Gasteiger partial charge in [0.2, 0.25) is 5.91 Å². The van der Waals surface area contributed by atoms with E-state index in [1.54, 1.807) is 14.2 Å². The molecule has 2 aliphatic rings. The van der Waals surface area contributed by atoms with Gasteiger partial charge in [0, 0.05) is 30.1 Å². The number of rotatable bonds is 4. The Kier molecular flexibility index (Phi) is 8.90. The van der Waals surface area contributed by atoms with Gasteiger partial charge in [-0.15, -0.1) is 12.4 Å². The second kappa shape index (κ2) is 10.2. The molecule has 0 radical (unpaired) electrons. The molecule has 1 saturated heterocycles. The highest BCUT2D eigenvalue weighted by atomic mass is 35.5. The summed E-state index contributed by atoms with van der Waals surface area (Å²) in [5.41, 5.74) is 3.74. The quantitative estimate of drug-likeness (QED) is 0.840. The van der Waals surface area contributed by atoms with E-state index in [-0.39, 0.29) is 29.7 Å². The van der Waals surface area contributed by atoms with Gasteiger partial charge in [-0.05, 0) is 56.5 Å². The van der Waals surface area contributed by atoms with Crippen LogP contribution in [0.1, 0.15) is 30.4 Å². The van der Waals surface area contributed by atoms with Crippen LogP contribution in [0.25, 0.3) is 6.08 Å². The van der Waals surface area contributed by atoms with Crippen LogP contribution >= 0.6 is 24.0 Å². The van der Waals surface area contributed by atoms with Crippen LogP contribution in [-0.4, -0.2) is 50.1 Å². The summed E-state index contributed by atoms with van der Waals surface area (Å²) in [7, 11) is 3.43. The Morgan fingerprint density at radius 1 is 1.31 bits per heavy atom. The Hall–Kier alpha value is -1.27. The molecule has 5 nitrogen and oxygen atoms in total. The molecular weight excluding hydrogens is 375 g/mol. The van der Waals surface area contributed by atoms with Crippen molar-refractivity contribution in [3.63, 3.8) is 0 Å². The number of benzene rings is 1. The van der Waals surface area contributed by atoms with Gasteiger partial charge in [0.1, 0.15) is 5.75 Å². The molecule has 0 unspecified atom stereocenters. The fraction of sp³-hybridized carbons (Fsp3) is 0.526. The smallest absolute Gasteiger partial charge is 0.222 e. The highest BCUT2D eigenvalue weighted by Gasteiger charge is 2.25. The number of methoxy groups -OCH3 is 1. The van der Waals surface area contributed by atoms with E-state index in [4.69, 9.17) is 16.3 Å². The molecule has 0 aromatic heterocycles. The van der Waals surface area contributed by atoms with E-state index in [2.05, 4.69) is 16.3 Å². The van der Waals surface area contributed by atoms with Crippen LogP contribution in [0.5, 0.6) is 5.75 Å². The molecule has 3 N–H and O–H groups in total. The standard InChI is InChI=1S/C19H25ClN2O2.ClH.H2O/c1-21-19(23)14-7-9-22(10-8-14)12-13-3-4-15-16(11-13)17(20)5-6-18(15)24-2;;/h5-6,11,14H,3-4,7-10,12H2,1-2H3,(H,21,23);1H;1H2. The number of nitrogens with zero attached hydrogens (tertiary/aromatic N) is 1. The van der Waals surface area contributed by atoms with E-state index >= 15 is 0 Å². The van der Waals surface area contributed by atoms with Crippen molar-refractivity contribution in [1.82, 2.24) is 10.2 Å². The average molecular weight is 403 g/mol. The third kappa shape index (κ3) is 4.92. The van der Waals surface area contributed by atoms with Crippen LogP contribution in [0, 0.1) is 5.92 Å². The predicted molar refractivity (Wildman–Crippen MR) is 108 cm³/mol. The molecule has 26 heavy (non-hydrogen) atoms. The first-order valence-corrected chi connectivity index (χ1v) is 8.99. The SMILES string of the molecule is CNC(=O)C1CCN(CC2=Cc3c(Cl)ccc(OC)c3CC2)CC1.Cl.O. The zero-order chi connectivity index (χ0) is 17.1. The number of carbonyl (C=O) groups excluding carboxylic acids is 1. The number of hydrogen-bond donors (Lipinski definition) is 1. The van der Waals surface area contributed by atoms with Gasteiger partial charge in [-0.3, -0.25) is 9.69 Å². The molecule has 1 fully saturated rings. The van der Waals surface area contributed by atoms with Crippen LogP contribution in [-0.2, 0) is 11.2 Å². The second-order valence-corrected chi connectivity index (χ2v) is 7.02. The number of carbonyl (C=O) groups is 1. The van der Waals surface area contributed by atoms with E-state index in [1.807, 2.05) is 12.1 Å². The maximum absolute atomic E-state index is 11.7. The molecule has 1 amide bonds. The molecule has 146 valence electrons. The highest BCUT2D eigenvalue weighted by Crippen LogP contribution is 2.36.